The van der Waals surface area contributed by atoms with Crippen LogP contribution in [0.5, 0.6) is 11.5 Å². The third kappa shape index (κ3) is 5.62. The Labute approximate surface area is 153 Å². The number of aromatic hydroxyl groups is 1. The van der Waals surface area contributed by atoms with E-state index < -0.39 is 5.41 Å². The minimum Gasteiger partial charge on any atom is -0.508 e. The van der Waals surface area contributed by atoms with Crippen LogP contribution in [0.3, 0.4) is 0 Å². The minimum absolute atomic E-state index is 0.120. The molecular formula is C21H24O5. The molecule has 0 spiro atoms. The van der Waals surface area contributed by atoms with Crippen LogP contribution in [0.1, 0.15) is 43.1 Å². The van der Waals surface area contributed by atoms with Gasteiger partial charge in [0.15, 0.2) is 0 Å². The van der Waals surface area contributed by atoms with Crippen molar-refractivity contribution in [1.29, 1.82) is 0 Å². The Kier molecular flexibility index (Phi) is 6.39. The number of carbonyl (C=O) groups excluding carboxylic acids is 2. The summed E-state index contributed by atoms with van der Waals surface area (Å²) >= 11 is 0. The highest BCUT2D eigenvalue weighted by atomic mass is 16.5. The summed E-state index contributed by atoms with van der Waals surface area (Å²) in [6, 6.07) is 13.5. The molecule has 2 aromatic rings. The van der Waals surface area contributed by atoms with Crippen molar-refractivity contribution in [3.8, 4) is 11.5 Å². The fraction of sp³-hybridized carbons (Fsp3) is 0.333. The molecule has 2 aromatic carbocycles. The third-order valence-corrected chi connectivity index (χ3v) is 3.71. The maximum absolute atomic E-state index is 12.0. The van der Waals surface area contributed by atoms with Crippen LogP contribution in [-0.2, 0) is 16.0 Å². The molecule has 0 atom stereocenters. The lowest BCUT2D eigenvalue weighted by molar-refractivity contribution is -0.143. The molecule has 5 heteroatoms. The number of ether oxygens (including phenoxy) is 2. The summed E-state index contributed by atoms with van der Waals surface area (Å²) in [6.07, 6.45) is 1.04. The van der Waals surface area contributed by atoms with Gasteiger partial charge in [-0.1, -0.05) is 18.2 Å². The van der Waals surface area contributed by atoms with E-state index in [1.165, 1.54) is 6.07 Å². The van der Waals surface area contributed by atoms with Crippen molar-refractivity contribution in [2.75, 3.05) is 6.61 Å². The second-order valence-corrected chi connectivity index (χ2v) is 7.04. The summed E-state index contributed by atoms with van der Waals surface area (Å²) < 4.78 is 10.6. The van der Waals surface area contributed by atoms with Gasteiger partial charge in [-0.3, -0.25) is 4.79 Å². The molecule has 138 valence electrons. The number of aryl methyl sites for hydroxylation is 1. The molecule has 0 amide bonds. The number of esters is 2. The van der Waals surface area contributed by atoms with Crippen molar-refractivity contribution >= 4 is 11.9 Å². The normalized spacial score (nSPS) is 11.0. The van der Waals surface area contributed by atoms with E-state index in [2.05, 4.69) is 0 Å². The van der Waals surface area contributed by atoms with Crippen molar-refractivity contribution in [3.63, 3.8) is 0 Å². The molecule has 0 saturated carbocycles. The second-order valence-electron chi connectivity index (χ2n) is 7.04. The first kappa shape index (κ1) is 19.5. The van der Waals surface area contributed by atoms with Crippen molar-refractivity contribution in [2.24, 2.45) is 5.41 Å². The summed E-state index contributed by atoms with van der Waals surface area (Å²) in [5, 5.41) is 9.97. The van der Waals surface area contributed by atoms with Crippen molar-refractivity contribution in [2.45, 2.75) is 33.6 Å². The standard InChI is InChI=1S/C21H24O5/c1-21(2,3)20(24)26-17-11-12-18(22)16(14-17)10-7-13-25-19(23)15-8-5-4-6-9-15/h4-6,8-9,11-12,14,22H,7,10,13H2,1-3H3. The van der Waals surface area contributed by atoms with Crippen LogP contribution in [0.15, 0.2) is 48.5 Å². The Hall–Kier alpha value is -2.82. The van der Waals surface area contributed by atoms with Crippen molar-refractivity contribution < 1.29 is 24.2 Å². The maximum atomic E-state index is 12.0. The molecule has 0 heterocycles. The smallest absolute Gasteiger partial charge is 0.338 e. The average Bonchev–Trinajstić information content (AvgIpc) is 2.60. The first-order valence-electron chi connectivity index (χ1n) is 8.54. The number of phenolic OH excluding ortho intramolecular Hbond substituents is 1. The van der Waals surface area contributed by atoms with E-state index in [4.69, 9.17) is 9.47 Å². The van der Waals surface area contributed by atoms with Gasteiger partial charge in [-0.2, -0.15) is 0 Å². The first-order chi connectivity index (χ1) is 12.3. The van der Waals surface area contributed by atoms with Gasteiger partial charge >= 0.3 is 11.9 Å². The first-order valence-corrected chi connectivity index (χ1v) is 8.54. The third-order valence-electron chi connectivity index (χ3n) is 3.71. The Morgan fingerprint density at radius 2 is 1.73 bits per heavy atom. The lowest BCUT2D eigenvalue weighted by atomic mass is 9.97. The van der Waals surface area contributed by atoms with E-state index in [0.717, 1.165) is 0 Å². The highest BCUT2D eigenvalue weighted by molar-refractivity contribution is 5.89. The van der Waals surface area contributed by atoms with Gasteiger partial charge in [0, 0.05) is 0 Å². The SMILES string of the molecule is CC(C)(C)C(=O)Oc1ccc(O)c(CCCOC(=O)c2ccccc2)c1. The summed E-state index contributed by atoms with van der Waals surface area (Å²) in [5.41, 5.74) is 0.537. The average molecular weight is 356 g/mol. The highest BCUT2D eigenvalue weighted by Gasteiger charge is 2.24. The predicted molar refractivity (Wildman–Crippen MR) is 98.2 cm³/mol. The Balaban J connectivity index is 1.88. The van der Waals surface area contributed by atoms with Gasteiger partial charge < -0.3 is 14.6 Å². The molecular weight excluding hydrogens is 332 g/mol. The van der Waals surface area contributed by atoms with Gasteiger partial charge in [-0.25, -0.2) is 4.79 Å². The molecule has 0 aliphatic rings. The van der Waals surface area contributed by atoms with E-state index in [0.29, 0.717) is 29.7 Å². The fourth-order valence-corrected chi connectivity index (χ4v) is 2.17. The van der Waals surface area contributed by atoms with Crippen molar-refractivity contribution in [1.82, 2.24) is 0 Å². The molecule has 5 nitrogen and oxygen atoms in total. The molecule has 26 heavy (non-hydrogen) atoms. The molecule has 1 N–H and O–H groups in total. The van der Waals surface area contributed by atoms with Crippen LogP contribution < -0.4 is 4.74 Å². The molecule has 0 saturated heterocycles. The monoisotopic (exact) mass is 356 g/mol. The molecule has 0 fully saturated rings. The second kappa shape index (κ2) is 8.52. The van der Waals surface area contributed by atoms with Gasteiger partial charge in [0.05, 0.1) is 17.6 Å². The van der Waals surface area contributed by atoms with E-state index in [1.807, 2.05) is 6.07 Å². The number of benzene rings is 2. The van der Waals surface area contributed by atoms with Gasteiger partial charge in [0.2, 0.25) is 0 Å². The van der Waals surface area contributed by atoms with E-state index in [-0.39, 0.29) is 24.3 Å². The lowest BCUT2D eigenvalue weighted by Gasteiger charge is -2.17. The summed E-state index contributed by atoms with van der Waals surface area (Å²) in [5.74, 6) is -0.206. The minimum atomic E-state index is -0.607. The number of hydrogen-bond acceptors (Lipinski definition) is 5. The zero-order valence-electron chi connectivity index (χ0n) is 15.3. The zero-order valence-corrected chi connectivity index (χ0v) is 15.3. The molecule has 0 aliphatic carbocycles. The van der Waals surface area contributed by atoms with E-state index in [9.17, 15) is 14.7 Å². The number of carbonyl (C=O) groups is 2. The van der Waals surface area contributed by atoms with Crippen LogP contribution in [-0.4, -0.2) is 23.7 Å². The Bertz CT molecular complexity index is 760. The van der Waals surface area contributed by atoms with E-state index >= 15 is 0 Å². The number of hydrogen-bond donors (Lipinski definition) is 1. The number of rotatable bonds is 6. The topological polar surface area (TPSA) is 72.8 Å². The van der Waals surface area contributed by atoms with Crippen LogP contribution in [0, 0.1) is 5.41 Å². The van der Waals surface area contributed by atoms with Gasteiger partial charge in [-0.05, 0) is 69.5 Å². The maximum Gasteiger partial charge on any atom is 0.338 e. The van der Waals surface area contributed by atoms with Crippen LogP contribution >= 0.6 is 0 Å². The van der Waals surface area contributed by atoms with E-state index in [1.54, 1.807) is 57.2 Å². The quantitative estimate of drug-likeness (QED) is 0.478. The molecule has 0 unspecified atom stereocenters. The zero-order chi connectivity index (χ0) is 19.2. The fourth-order valence-electron chi connectivity index (χ4n) is 2.17. The molecule has 0 aromatic heterocycles. The van der Waals surface area contributed by atoms with Crippen molar-refractivity contribution in [3.05, 3.63) is 59.7 Å². The predicted octanol–water partition coefficient (Wildman–Crippen LogP) is 4.13. The summed E-state index contributed by atoms with van der Waals surface area (Å²) in [4.78, 5) is 23.8. The van der Waals surface area contributed by atoms with Gasteiger partial charge in [-0.15, -0.1) is 0 Å². The number of phenols is 1. The van der Waals surface area contributed by atoms with Crippen LogP contribution in [0.25, 0.3) is 0 Å². The van der Waals surface area contributed by atoms with Crippen LogP contribution in [0.2, 0.25) is 0 Å². The highest BCUT2D eigenvalue weighted by Crippen LogP contribution is 2.26. The lowest BCUT2D eigenvalue weighted by Crippen LogP contribution is -2.25. The molecule has 0 bridgehead atoms. The van der Waals surface area contributed by atoms with Gasteiger partial charge in [0.1, 0.15) is 11.5 Å². The summed E-state index contributed by atoms with van der Waals surface area (Å²) in [6.45, 7) is 5.56. The molecule has 2 rings (SSSR count). The van der Waals surface area contributed by atoms with Crippen LogP contribution in [0.4, 0.5) is 0 Å². The molecule has 0 aliphatic heterocycles. The molecule has 0 radical (unpaired) electrons. The summed E-state index contributed by atoms with van der Waals surface area (Å²) in [7, 11) is 0. The Morgan fingerprint density at radius 3 is 2.38 bits per heavy atom. The largest absolute Gasteiger partial charge is 0.508 e. The van der Waals surface area contributed by atoms with Gasteiger partial charge in [0.25, 0.3) is 0 Å². The Morgan fingerprint density at radius 1 is 1.04 bits per heavy atom.